The van der Waals surface area contributed by atoms with Crippen molar-refractivity contribution in [1.29, 1.82) is 0 Å². The van der Waals surface area contributed by atoms with Gasteiger partial charge in [0.1, 0.15) is 5.75 Å². The summed E-state index contributed by atoms with van der Waals surface area (Å²) in [5.74, 6) is 0.828. The van der Waals surface area contributed by atoms with Crippen LogP contribution in [0.4, 0.5) is 0 Å². The van der Waals surface area contributed by atoms with Gasteiger partial charge < -0.3 is 10.1 Å². The van der Waals surface area contributed by atoms with Crippen LogP contribution in [-0.2, 0) is 4.79 Å². The Morgan fingerprint density at radius 1 is 1.38 bits per heavy atom. The van der Waals surface area contributed by atoms with Crippen molar-refractivity contribution >= 4 is 11.5 Å². The predicted molar refractivity (Wildman–Crippen MR) is 62.9 cm³/mol. The lowest BCUT2D eigenvalue weighted by Gasteiger charge is -2.35. The summed E-state index contributed by atoms with van der Waals surface area (Å²) in [6, 6.07) is 7.69. The Morgan fingerprint density at radius 3 is 2.75 bits per heavy atom. The number of rotatable bonds is 1. The van der Waals surface area contributed by atoms with Gasteiger partial charge in [-0.05, 0) is 32.9 Å². The molecule has 0 radical (unpaired) electrons. The van der Waals surface area contributed by atoms with Gasteiger partial charge in [-0.1, -0.05) is 12.1 Å². The van der Waals surface area contributed by atoms with Crippen LogP contribution in [0.3, 0.4) is 0 Å². The van der Waals surface area contributed by atoms with Gasteiger partial charge >= 0.3 is 0 Å². The van der Waals surface area contributed by atoms with Crippen LogP contribution >= 0.6 is 0 Å². The fraction of sp³-hybridized carbons (Fsp3) is 0.308. The van der Waals surface area contributed by atoms with Crippen molar-refractivity contribution < 1.29 is 9.53 Å². The molecule has 16 heavy (non-hydrogen) atoms. The number of nitrogens with one attached hydrogen (secondary N) is 1. The van der Waals surface area contributed by atoms with Crippen molar-refractivity contribution in [2.45, 2.75) is 26.5 Å². The lowest BCUT2D eigenvalue weighted by atomic mass is 10.1. The Bertz CT molecular complexity index is 461. The highest BCUT2D eigenvalue weighted by atomic mass is 16.5. The van der Waals surface area contributed by atoms with Crippen LogP contribution in [0.2, 0.25) is 0 Å². The third-order valence-electron chi connectivity index (χ3n) is 2.33. The molecule has 0 saturated carbocycles. The zero-order valence-corrected chi connectivity index (χ0v) is 9.70. The summed E-state index contributed by atoms with van der Waals surface area (Å²) in [7, 11) is 0. The molecule has 84 valence electrons. The third kappa shape index (κ3) is 2.08. The van der Waals surface area contributed by atoms with E-state index in [9.17, 15) is 4.79 Å². The van der Waals surface area contributed by atoms with E-state index in [2.05, 4.69) is 5.32 Å². The van der Waals surface area contributed by atoms with Gasteiger partial charge in [0.25, 0.3) is 0 Å². The Morgan fingerprint density at radius 2 is 2.06 bits per heavy atom. The van der Waals surface area contributed by atoms with Crippen molar-refractivity contribution in [2.75, 3.05) is 0 Å². The fourth-order valence-corrected chi connectivity index (χ4v) is 1.79. The van der Waals surface area contributed by atoms with Crippen LogP contribution in [0.25, 0.3) is 5.70 Å². The van der Waals surface area contributed by atoms with Crippen LogP contribution in [0.15, 0.2) is 30.3 Å². The summed E-state index contributed by atoms with van der Waals surface area (Å²) in [6.45, 7) is 5.40. The van der Waals surface area contributed by atoms with E-state index >= 15 is 0 Å². The molecule has 3 nitrogen and oxygen atoms in total. The lowest BCUT2D eigenvalue weighted by molar-refractivity contribution is -0.112. The Hall–Kier alpha value is -1.77. The van der Waals surface area contributed by atoms with Crippen LogP contribution in [-0.4, -0.2) is 11.5 Å². The van der Waals surface area contributed by atoms with Crippen LogP contribution in [0.1, 0.15) is 26.3 Å². The van der Waals surface area contributed by atoms with Gasteiger partial charge in [-0.2, -0.15) is 0 Å². The van der Waals surface area contributed by atoms with Crippen molar-refractivity contribution in [3.05, 3.63) is 35.9 Å². The lowest BCUT2D eigenvalue weighted by Crippen LogP contribution is -2.46. The first-order valence-electron chi connectivity index (χ1n) is 5.27. The van der Waals surface area contributed by atoms with Crippen molar-refractivity contribution in [3.8, 4) is 5.75 Å². The second kappa shape index (κ2) is 3.67. The maximum Gasteiger partial charge on any atom is 0.175 e. The molecular weight excluding hydrogens is 202 g/mol. The van der Waals surface area contributed by atoms with Crippen molar-refractivity contribution in [2.24, 2.45) is 0 Å². The van der Waals surface area contributed by atoms with E-state index in [0.29, 0.717) is 0 Å². The maximum atomic E-state index is 11.2. The summed E-state index contributed by atoms with van der Waals surface area (Å²) in [6.07, 6.45) is 1.60. The normalized spacial score (nSPS) is 19.6. The quantitative estimate of drug-likeness (QED) is 0.734. The smallest absolute Gasteiger partial charge is 0.175 e. The van der Waals surface area contributed by atoms with Crippen LogP contribution < -0.4 is 10.1 Å². The van der Waals surface area contributed by atoms with Gasteiger partial charge in [0, 0.05) is 11.6 Å². The topological polar surface area (TPSA) is 38.3 Å². The Labute approximate surface area is 95.1 Å². The molecule has 0 aliphatic carbocycles. The van der Waals surface area contributed by atoms with Gasteiger partial charge in [0.05, 0.1) is 5.70 Å². The molecule has 0 fully saturated rings. The number of ether oxygens (including phenoxy) is 1. The summed E-state index contributed by atoms with van der Waals surface area (Å²) < 4.78 is 5.77. The molecule has 0 amide bonds. The average molecular weight is 217 g/mol. The molecular formula is C13H15NO2. The molecule has 3 heteroatoms. The molecule has 0 atom stereocenters. The van der Waals surface area contributed by atoms with Crippen LogP contribution in [0, 0.1) is 0 Å². The molecule has 0 aromatic heterocycles. The predicted octanol–water partition coefficient (Wildman–Crippen LogP) is 2.33. The summed E-state index contributed by atoms with van der Waals surface area (Å²) in [4.78, 5) is 11.2. The van der Waals surface area contributed by atoms with Gasteiger partial charge in [0.15, 0.2) is 11.5 Å². The number of para-hydroxylation sites is 1. The Balaban J connectivity index is 2.52. The SMILES string of the molecule is CC(=O)/C=C1\NC(C)(C)Oc2ccccc21. The number of allylic oxidation sites excluding steroid dienone is 1. The zero-order valence-electron chi connectivity index (χ0n) is 9.70. The molecule has 0 bridgehead atoms. The highest BCUT2D eigenvalue weighted by Crippen LogP contribution is 2.32. The summed E-state index contributed by atoms with van der Waals surface area (Å²) in [5, 5.41) is 3.20. The molecule has 1 N–H and O–H groups in total. The minimum absolute atomic E-state index is 0.0232. The van der Waals surface area contributed by atoms with Gasteiger partial charge in [-0.25, -0.2) is 0 Å². The summed E-state index contributed by atoms with van der Waals surface area (Å²) in [5.41, 5.74) is 1.26. The molecule has 1 aromatic rings. The standard InChI is InChI=1S/C13H15NO2/c1-9(15)8-11-10-6-4-5-7-12(10)16-13(2,3)14-11/h4-8,14H,1-3H3/b11-8-. The van der Waals surface area contributed by atoms with Gasteiger partial charge in [0.2, 0.25) is 0 Å². The third-order valence-corrected chi connectivity index (χ3v) is 2.33. The van der Waals surface area contributed by atoms with Crippen molar-refractivity contribution in [1.82, 2.24) is 5.32 Å². The molecule has 1 aliphatic heterocycles. The fourth-order valence-electron chi connectivity index (χ4n) is 1.79. The van der Waals surface area contributed by atoms with Gasteiger partial charge in [-0.3, -0.25) is 4.79 Å². The largest absolute Gasteiger partial charge is 0.468 e. The number of carbonyl (C=O) groups is 1. The number of hydrogen-bond donors (Lipinski definition) is 1. The van der Waals surface area contributed by atoms with E-state index in [1.165, 1.54) is 0 Å². The van der Waals surface area contributed by atoms with Gasteiger partial charge in [-0.15, -0.1) is 0 Å². The van der Waals surface area contributed by atoms with E-state index in [1.807, 2.05) is 38.1 Å². The minimum Gasteiger partial charge on any atom is -0.468 e. The van der Waals surface area contributed by atoms with E-state index in [0.717, 1.165) is 17.0 Å². The zero-order chi connectivity index (χ0) is 11.8. The number of fused-ring (bicyclic) bond motifs is 1. The van der Waals surface area contributed by atoms with E-state index < -0.39 is 5.72 Å². The highest BCUT2D eigenvalue weighted by Gasteiger charge is 2.28. The average Bonchev–Trinajstić information content (AvgIpc) is 2.14. The van der Waals surface area contributed by atoms with Crippen LogP contribution in [0.5, 0.6) is 5.75 Å². The summed E-state index contributed by atoms with van der Waals surface area (Å²) >= 11 is 0. The maximum absolute atomic E-state index is 11.2. The second-order valence-corrected chi connectivity index (χ2v) is 4.40. The van der Waals surface area contributed by atoms with Crippen molar-refractivity contribution in [3.63, 3.8) is 0 Å². The first-order chi connectivity index (χ1) is 7.48. The van der Waals surface area contributed by atoms with E-state index in [4.69, 9.17) is 4.74 Å². The first kappa shape index (κ1) is 10.7. The Kier molecular flexibility index (Phi) is 2.46. The molecule has 1 aromatic carbocycles. The highest BCUT2D eigenvalue weighted by molar-refractivity contribution is 5.95. The first-order valence-corrected chi connectivity index (χ1v) is 5.27. The second-order valence-electron chi connectivity index (χ2n) is 4.40. The number of carbonyl (C=O) groups excluding carboxylic acids is 1. The number of hydrogen-bond acceptors (Lipinski definition) is 3. The number of benzene rings is 1. The molecule has 1 heterocycles. The minimum atomic E-state index is -0.490. The van der Waals surface area contributed by atoms with E-state index in [1.54, 1.807) is 13.0 Å². The van der Waals surface area contributed by atoms with E-state index in [-0.39, 0.29) is 5.78 Å². The molecule has 0 spiro atoms. The molecule has 0 unspecified atom stereocenters. The number of ketones is 1. The molecule has 0 saturated heterocycles. The monoisotopic (exact) mass is 217 g/mol. The molecule has 2 rings (SSSR count). The molecule has 1 aliphatic rings.